The van der Waals surface area contributed by atoms with E-state index in [0.717, 1.165) is 13.0 Å². The van der Waals surface area contributed by atoms with E-state index in [2.05, 4.69) is 52.0 Å². The monoisotopic (exact) mass is 245 g/mol. The number of rotatable bonds is 2. The molecular weight excluding hydrogens is 222 g/mol. The molecule has 0 saturated carbocycles. The molecule has 1 atom stereocenters. The zero-order valence-corrected chi connectivity index (χ0v) is 11.8. The second kappa shape index (κ2) is 5.13. The Hall–Kier alpha value is -1.31. The molecular formula is C16H23NO. The number of nitrogens with zero attached hydrogens (tertiary/aromatic N) is 1. The first-order valence-electron chi connectivity index (χ1n) is 6.88. The molecule has 1 aliphatic heterocycles. The first kappa shape index (κ1) is 13.1. The molecule has 2 nitrogen and oxygen atoms in total. The average Bonchev–Trinajstić information content (AvgIpc) is 2.46. The van der Waals surface area contributed by atoms with Gasteiger partial charge >= 0.3 is 0 Å². The quantitative estimate of drug-likeness (QED) is 0.783. The first-order valence-corrected chi connectivity index (χ1v) is 6.88. The van der Waals surface area contributed by atoms with Crippen LogP contribution in [0.4, 0.5) is 0 Å². The Morgan fingerprint density at radius 1 is 1.11 bits per heavy atom. The van der Waals surface area contributed by atoms with Gasteiger partial charge in [0.2, 0.25) is 5.91 Å². The smallest absolute Gasteiger partial charge is 0.226 e. The van der Waals surface area contributed by atoms with Crippen LogP contribution in [0.1, 0.15) is 38.8 Å². The van der Waals surface area contributed by atoms with E-state index in [-0.39, 0.29) is 12.0 Å². The molecule has 0 N–H and O–H groups in total. The van der Waals surface area contributed by atoms with Gasteiger partial charge in [0.15, 0.2) is 0 Å². The van der Waals surface area contributed by atoms with Crippen LogP contribution in [0.2, 0.25) is 0 Å². The molecule has 0 fully saturated rings. The van der Waals surface area contributed by atoms with Gasteiger partial charge in [0.05, 0.1) is 0 Å². The molecule has 0 saturated heterocycles. The van der Waals surface area contributed by atoms with Crippen LogP contribution >= 0.6 is 0 Å². The molecule has 0 bridgehead atoms. The van der Waals surface area contributed by atoms with E-state index in [1.165, 1.54) is 11.1 Å². The molecule has 1 heterocycles. The Morgan fingerprint density at radius 2 is 1.72 bits per heavy atom. The Kier molecular flexibility index (Phi) is 3.74. The minimum atomic E-state index is 0.121. The fourth-order valence-corrected chi connectivity index (χ4v) is 2.67. The fourth-order valence-electron chi connectivity index (χ4n) is 2.67. The van der Waals surface area contributed by atoms with Gasteiger partial charge in [-0.2, -0.15) is 0 Å². The van der Waals surface area contributed by atoms with Crippen molar-refractivity contribution in [2.75, 3.05) is 0 Å². The molecule has 18 heavy (non-hydrogen) atoms. The number of amides is 1. The van der Waals surface area contributed by atoms with Crippen molar-refractivity contribution >= 4 is 5.91 Å². The second-order valence-corrected chi connectivity index (χ2v) is 5.88. The highest BCUT2D eigenvalue weighted by atomic mass is 16.2. The van der Waals surface area contributed by atoms with Gasteiger partial charge in [0.1, 0.15) is 0 Å². The van der Waals surface area contributed by atoms with Crippen LogP contribution < -0.4 is 0 Å². The predicted octanol–water partition coefficient (Wildman–Crippen LogP) is 3.25. The van der Waals surface area contributed by atoms with Crippen molar-refractivity contribution in [1.29, 1.82) is 0 Å². The van der Waals surface area contributed by atoms with Crippen LogP contribution in [-0.4, -0.2) is 16.8 Å². The maximum Gasteiger partial charge on any atom is 0.226 e. The molecule has 1 aromatic carbocycles. The van der Waals surface area contributed by atoms with Gasteiger partial charge in [-0.05, 0) is 37.3 Å². The van der Waals surface area contributed by atoms with E-state index < -0.39 is 0 Å². The average molecular weight is 245 g/mol. The van der Waals surface area contributed by atoms with Gasteiger partial charge in [-0.15, -0.1) is 0 Å². The summed E-state index contributed by atoms with van der Waals surface area (Å²) in [6.07, 6.45) is 0.885. The summed E-state index contributed by atoms with van der Waals surface area (Å²) in [5.41, 5.74) is 2.65. The molecule has 2 heteroatoms. The maximum absolute atomic E-state index is 12.6. The normalized spacial score (nSPS) is 20.2. The van der Waals surface area contributed by atoms with Crippen LogP contribution in [0.5, 0.6) is 0 Å². The van der Waals surface area contributed by atoms with Crippen LogP contribution in [0.25, 0.3) is 0 Å². The lowest BCUT2D eigenvalue weighted by Crippen LogP contribution is -2.40. The van der Waals surface area contributed by atoms with E-state index in [0.29, 0.717) is 11.8 Å². The summed E-state index contributed by atoms with van der Waals surface area (Å²) in [5.74, 6) is 0.831. The second-order valence-electron chi connectivity index (χ2n) is 5.88. The summed E-state index contributed by atoms with van der Waals surface area (Å²) in [7, 11) is 0. The summed E-state index contributed by atoms with van der Waals surface area (Å²) < 4.78 is 0. The minimum absolute atomic E-state index is 0.121. The molecule has 1 unspecified atom stereocenters. The Labute approximate surface area is 110 Å². The Balaban J connectivity index is 2.41. The van der Waals surface area contributed by atoms with E-state index in [4.69, 9.17) is 0 Å². The SMILES string of the molecule is CC(C)C1Cc2ccccc2CN(C(C)C)C1=O. The number of hydrogen-bond donors (Lipinski definition) is 0. The first-order chi connectivity index (χ1) is 8.50. The standard InChI is InChI=1S/C16H23NO/c1-11(2)15-9-13-7-5-6-8-14(13)10-17(12(3)4)16(15)18/h5-8,11-12,15H,9-10H2,1-4H3. The minimum Gasteiger partial charge on any atom is -0.336 e. The molecule has 1 amide bonds. The molecule has 0 spiro atoms. The summed E-state index contributed by atoms with van der Waals surface area (Å²) in [6.45, 7) is 9.26. The highest BCUT2D eigenvalue weighted by Gasteiger charge is 2.32. The van der Waals surface area contributed by atoms with Crippen molar-refractivity contribution in [2.45, 2.75) is 46.7 Å². The number of carbonyl (C=O) groups is 1. The summed E-state index contributed by atoms with van der Waals surface area (Å²) in [5, 5.41) is 0. The lowest BCUT2D eigenvalue weighted by molar-refractivity contribution is -0.138. The van der Waals surface area contributed by atoms with Crippen LogP contribution in [-0.2, 0) is 17.8 Å². The summed E-state index contributed by atoms with van der Waals surface area (Å²) in [6, 6.07) is 8.73. The third-order valence-corrected chi connectivity index (χ3v) is 3.93. The summed E-state index contributed by atoms with van der Waals surface area (Å²) >= 11 is 0. The molecule has 1 aliphatic rings. The number of carbonyl (C=O) groups excluding carboxylic acids is 1. The Morgan fingerprint density at radius 3 is 2.28 bits per heavy atom. The zero-order chi connectivity index (χ0) is 13.3. The molecule has 2 rings (SSSR count). The molecule has 0 aliphatic carbocycles. The lowest BCUT2D eigenvalue weighted by atomic mass is 9.88. The number of fused-ring (bicyclic) bond motifs is 1. The van der Waals surface area contributed by atoms with Crippen LogP contribution in [0.15, 0.2) is 24.3 Å². The van der Waals surface area contributed by atoms with Crippen molar-refractivity contribution < 1.29 is 4.79 Å². The molecule has 98 valence electrons. The highest BCUT2D eigenvalue weighted by molar-refractivity contribution is 5.80. The molecule has 0 aromatic heterocycles. The highest BCUT2D eigenvalue weighted by Crippen LogP contribution is 2.28. The van der Waals surface area contributed by atoms with Gasteiger partial charge < -0.3 is 4.90 Å². The lowest BCUT2D eigenvalue weighted by Gasteiger charge is -2.29. The van der Waals surface area contributed by atoms with Gasteiger partial charge in [0.25, 0.3) is 0 Å². The maximum atomic E-state index is 12.6. The van der Waals surface area contributed by atoms with Crippen molar-refractivity contribution in [3.05, 3.63) is 35.4 Å². The van der Waals surface area contributed by atoms with Crippen LogP contribution in [0, 0.1) is 11.8 Å². The topological polar surface area (TPSA) is 20.3 Å². The molecule has 1 aromatic rings. The predicted molar refractivity (Wildman–Crippen MR) is 74.2 cm³/mol. The zero-order valence-electron chi connectivity index (χ0n) is 11.8. The van der Waals surface area contributed by atoms with Crippen molar-refractivity contribution in [3.63, 3.8) is 0 Å². The van der Waals surface area contributed by atoms with Crippen LogP contribution in [0.3, 0.4) is 0 Å². The van der Waals surface area contributed by atoms with Gasteiger partial charge in [0, 0.05) is 18.5 Å². The number of benzene rings is 1. The van der Waals surface area contributed by atoms with Gasteiger partial charge in [-0.3, -0.25) is 4.79 Å². The van der Waals surface area contributed by atoms with Gasteiger partial charge in [-0.1, -0.05) is 38.1 Å². The van der Waals surface area contributed by atoms with Crippen molar-refractivity contribution in [1.82, 2.24) is 4.90 Å². The van der Waals surface area contributed by atoms with Crippen molar-refractivity contribution in [3.8, 4) is 0 Å². The van der Waals surface area contributed by atoms with E-state index in [1.54, 1.807) is 0 Å². The van der Waals surface area contributed by atoms with Crippen molar-refractivity contribution in [2.24, 2.45) is 11.8 Å². The fraction of sp³-hybridized carbons (Fsp3) is 0.562. The third kappa shape index (κ3) is 2.43. The largest absolute Gasteiger partial charge is 0.336 e. The summed E-state index contributed by atoms with van der Waals surface area (Å²) in [4.78, 5) is 14.6. The number of hydrogen-bond acceptors (Lipinski definition) is 1. The Bertz CT molecular complexity index is 397. The van der Waals surface area contributed by atoms with Gasteiger partial charge in [-0.25, -0.2) is 0 Å². The molecule has 0 radical (unpaired) electrons. The van der Waals surface area contributed by atoms with E-state index >= 15 is 0 Å². The third-order valence-electron chi connectivity index (χ3n) is 3.93. The van der Waals surface area contributed by atoms with E-state index in [1.807, 2.05) is 4.90 Å². The van der Waals surface area contributed by atoms with E-state index in [9.17, 15) is 4.79 Å².